The lowest BCUT2D eigenvalue weighted by Crippen LogP contribution is -1.96. The molecule has 0 aliphatic heterocycles. The summed E-state index contributed by atoms with van der Waals surface area (Å²) in [4.78, 5) is 1.40. The molecule has 0 spiro atoms. The number of hydrogen-bond donors (Lipinski definition) is 0. The van der Waals surface area contributed by atoms with Crippen molar-refractivity contribution >= 4 is 38.9 Å². The van der Waals surface area contributed by atoms with E-state index in [0.717, 1.165) is 5.88 Å². The van der Waals surface area contributed by atoms with Gasteiger partial charge in [-0.25, -0.2) is 0 Å². The molecule has 1 aromatic heterocycles. The Balaban J connectivity index is 2.66. The lowest BCUT2D eigenvalue weighted by Gasteiger charge is -2.09. The normalized spacial score (nSPS) is 13.2. The lowest BCUT2D eigenvalue weighted by atomic mass is 10.0. The first-order valence-corrected chi connectivity index (χ1v) is 6.23. The van der Waals surface area contributed by atoms with Crippen LogP contribution in [0.2, 0.25) is 0 Å². The van der Waals surface area contributed by atoms with Gasteiger partial charge in [-0.1, -0.05) is 13.3 Å². The maximum Gasteiger partial charge on any atom is 0.0701 e. The van der Waals surface area contributed by atoms with Crippen LogP contribution in [0.4, 0.5) is 0 Å². The molecule has 0 amide bonds. The molecule has 12 heavy (non-hydrogen) atoms. The van der Waals surface area contributed by atoms with Gasteiger partial charge in [0.2, 0.25) is 0 Å². The quantitative estimate of drug-likeness (QED) is 0.698. The second kappa shape index (κ2) is 5.25. The first-order chi connectivity index (χ1) is 5.77. The van der Waals surface area contributed by atoms with Crippen LogP contribution >= 0.6 is 38.9 Å². The lowest BCUT2D eigenvalue weighted by molar-refractivity contribution is 0.680. The zero-order valence-electron chi connectivity index (χ0n) is 7.02. The number of alkyl halides is 1. The second-order valence-electron chi connectivity index (χ2n) is 2.78. The zero-order valence-corrected chi connectivity index (χ0v) is 10.2. The standard InChI is InChI=1S/C9H12BrClS/c1-2-3-7(6-11)8-4-5-9(10)12-8/h4-5,7H,2-3,6H2,1H3. The van der Waals surface area contributed by atoms with Crippen molar-refractivity contribution in [3.05, 3.63) is 20.8 Å². The highest BCUT2D eigenvalue weighted by atomic mass is 79.9. The number of hydrogen-bond acceptors (Lipinski definition) is 1. The largest absolute Gasteiger partial charge is 0.133 e. The fourth-order valence-corrected chi connectivity index (χ4v) is 3.16. The highest BCUT2D eigenvalue weighted by Gasteiger charge is 2.10. The van der Waals surface area contributed by atoms with Crippen LogP contribution in [-0.4, -0.2) is 5.88 Å². The molecule has 0 N–H and O–H groups in total. The van der Waals surface area contributed by atoms with Crippen LogP contribution < -0.4 is 0 Å². The third kappa shape index (κ3) is 2.75. The van der Waals surface area contributed by atoms with Gasteiger partial charge in [0.25, 0.3) is 0 Å². The minimum atomic E-state index is 0.549. The van der Waals surface area contributed by atoms with E-state index in [-0.39, 0.29) is 0 Å². The SMILES string of the molecule is CCCC(CCl)c1ccc(Br)s1. The summed E-state index contributed by atoms with van der Waals surface area (Å²) in [6, 6.07) is 4.26. The molecule has 1 atom stereocenters. The molecule has 0 aliphatic rings. The molecular formula is C9H12BrClS. The van der Waals surface area contributed by atoms with Crippen LogP contribution in [0.15, 0.2) is 15.9 Å². The summed E-state index contributed by atoms with van der Waals surface area (Å²) in [6.45, 7) is 2.20. The van der Waals surface area contributed by atoms with Crippen LogP contribution in [0.1, 0.15) is 30.6 Å². The van der Waals surface area contributed by atoms with E-state index < -0.39 is 0 Å². The summed E-state index contributed by atoms with van der Waals surface area (Å²) in [5.41, 5.74) is 0. The molecule has 3 heteroatoms. The molecule has 0 aromatic carbocycles. The Hall–Kier alpha value is 0.470. The van der Waals surface area contributed by atoms with Gasteiger partial charge in [-0.3, -0.25) is 0 Å². The van der Waals surface area contributed by atoms with Crippen molar-refractivity contribution < 1.29 is 0 Å². The predicted molar refractivity (Wildman–Crippen MR) is 60.4 cm³/mol. The molecule has 1 heterocycles. The predicted octanol–water partition coefficient (Wildman–Crippen LogP) is 4.63. The van der Waals surface area contributed by atoms with Crippen LogP contribution in [0.5, 0.6) is 0 Å². The van der Waals surface area contributed by atoms with E-state index in [4.69, 9.17) is 11.6 Å². The maximum absolute atomic E-state index is 5.88. The van der Waals surface area contributed by atoms with Gasteiger partial charge < -0.3 is 0 Å². The van der Waals surface area contributed by atoms with Crippen LogP contribution in [0, 0.1) is 0 Å². The van der Waals surface area contributed by atoms with E-state index in [1.165, 1.54) is 21.5 Å². The van der Waals surface area contributed by atoms with Crippen molar-refractivity contribution in [1.29, 1.82) is 0 Å². The summed E-state index contributed by atoms with van der Waals surface area (Å²) in [6.07, 6.45) is 2.39. The molecule has 68 valence electrons. The highest BCUT2D eigenvalue weighted by Crippen LogP contribution is 2.31. The van der Waals surface area contributed by atoms with Crippen LogP contribution in [0.3, 0.4) is 0 Å². The molecule has 1 unspecified atom stereocenters. The highest BCUT2D eigenvalue weighted by molar-refractivity contribution is 9.11. The summed E-state index contributed by atoms with van der Waals surface area (Å²) in [7, 11) is 0. The average molecular weight is 268 g/mol. The van der Waals surface area contributed by atoms with Crippen molar-refractivity contribution in [2.45, 2.75) is 25.7 Å². The van der Waals surface area contributed by atoms with E-state index in [9.17, 15) is 0 Å². The molecule has 0 saturated carbocycles. The van der Waals surface area contributed by atoms with Gasteiger partial charge in [-0.15, -0.1) is 22.9 Å². The molecule has 0 radical (unpaired) electrons. The number of thiophene rings is 1. The first kappa shape index (κ1) is 10.6. The molecule has 1 aromatic rings. The van der Waals surface area contributed by atoms with Crippen LogP contribution in [-0.2, 0) is 0 Å². The number of halogens is 2. The Morgan fingerprint density at radius 3 is 2.75 bits per heavy atom. The van der Waals surface area contributed by atoms with E-state index in [2.05, 4.69) is 35.0 Å². The van der Waals surface area contributed by atoms with Crippen molar-refractivity contribution in [3.63, 3.8) is 0 Å². The Bertz CT molecular complexity index is 234. The summed E-state index contributed by atoms with van der Waals surface area (Å²) in [5, 5.41) is 0. The van der Waals surface area contributed by atoms with Gasteiger partial charge in [0.1, 0.15) is 0 Å². The summed E-state index contributed by atoms with van der Waals surface area (Å²) >= 11 is 11.1. The van der Waals surface area contributed by atoms with Gasteiger partial charge in [0.05, 0.1) is 3.79 Å². The third-order valence-electron chi connectivity index (χ3n) is 1.82. The molecule has 0 bridgehead atoms. The Kier molecular flexibility index (Phi) is 4.62. The molecule has 0 aliphatic carbocycles. The van der Waals surface area contributed by atoms with E-state index >= 15 is 0 Å². The Labute approximate surface area is 91.1 Å². The Morgan fingerprint density at radius 2 is 2.33 bits per heavy atom. The second-order valence-corrected chi connectivity index (χ2v) is 5.58. The van der Waals surface area contributed by atoms with E-state index in [1.54, 1.807) is 11.3 Å². The number of rotatable bonds is 4. The van der Waals surface area contributed by atoms with Crippen molar-refractivity contribution in [3.8, 4) is 0 Å². The summed E-state index contributed by atoms with van der Waals surface area (Å²) in [5.74, 6) is 1.29. The first-order valence-electron chi connectivity index (χ1n) is 4.09. The van der Waals surface area contributed by atoms with Gasteiger partial charge >= 0.3 is 0 Å². The van der Waals surface area contributed by atoms with Gasteiger partial charge in [0.15, 0.2) is 0 Å². The molecular weight excluding hydrogens is 256 g/mol. The van der Waals surface area contributed by atoms with E-state index in [1.807, 2.05) is 0 Å². The topological polar surface area (TPSA) is 0 Å². The average Bonchev–Trinajstić information content (AvgIpc) is 2.47. The summed E-state index contributed by atoms with van der Waals surface area (Å²) < 4.78 is 1.20. The molecule has 0 saturated heterocycles. The molecule has 0 fully saturated rings. The smallest absolute Gasteiger partial charge is 0.0701 e. The molecule has 0 nitrogen and oxygen atoms in total. The van der Waals surface area contributed by atoms with Crippen molar-refractivity contribution in [1.82, 2.24) is 0 Å². The fraction of sp³-hybridized carbons (Fsp3) is 0.556. The maximum atomic E-state index is 5.88. The van der Waals surface area contributed by atoms with E-state index in [0.29, 0.717) is 5.92 Å². The zero-order chi connectivity index (χ0) is 8.97. The molecule has 1 rings (SSSR count). The third-order valence-corrected chi connectivity index (χ3v) is 3.98. The minimum Gasteiger partial charge on any atom is -0.133 e. The monoisotopic (exact) mass is 266 g/mol. The van der Waals surface area contributed by atoms with Crippen molar-refractivity contribution in [2.75, 3.05) is 5.88 Å². The Morgan fingerprint density at radius 1 is 1.58 bits per heavy atom. The fourth-order valence-electron chi connectivity index (χ4n) is 1.19. The minimum absolute atomic E-state index is 0.549. The van der Waals surface area contributed by atoms with Gasteiger partial charge in [0, 0.05) is 16.7 Å². The van der Waals surface area contributed by atoms with Gasteiger partial charge in [-0.05, 0) is 34.5 Å². The van der Waals surface area contributed by atoms with Crippen molar-refractivity contribution in [2.24, 2.45) is 0 Å². The van der Waals surface area contributed by atoms with Gasteiger partial charge in [-0.2, -0.15) is 0 Å². The van der Waals surface area contributed by atoms with Crippen LogP contribution in [0.25, 0.3) is 0 Å².